The van der Waals surface area contributed by atoms with Crippen molar-refractivity contribution >= 4 is 17.8 Å². The van der Waals surface area contributed by atoms with E-state index in [1.165, 1.54) is 12.1 Å². The number of rotatable bonds is 2. The Morgan fingerprint density at radius 1 is 1.67 bits per heavy atom. The zero-order valence-corrected chi connectivity index (χ0v) is 6.04. The number of hydrogen-bond donors (Lipinski definition) is 1. The molecule has 0 fully saturated rings. The fourth-order valence-electron chi connectivity index (χ4n) is 0.639. The predicted molar refractivity (Wildman–Crippen MR) is 43.2 cm³/mol. The minimum Gasteiger partial charge on any atom is -0.390 e. The number of nitrogens with zero attached hydrogens (tertiary/aromatic N) is 3. The summed E-state index contributed by atoms with van der Waals surface area (Å²) in [6.07, 6.45) is 2.20. The molecule has 0 unspecified atom stereocenters. The van der Waals surface area contributed by atoms with E-state index in [0.717, 1.165) is 12.5 Å². The van der Waals surface area contributed by atoms with E-state index in [0.29, 0.717) is 5.82 Å². The molecule has 6 nitrogen and oxygen atoms in total. The number of hydrogen-bond acceptors (Lipinski definition) is 4. The first kappa shape index (κ1) is 8.12. The number of aliphatic imine (C=N–C) groups is 1. The maximum Gasteiger partial charge on any atom is 0.287 e. The lowest BCUT2D eigenvalue weighted by atomic mass is 10.4. The number of nitro groups is 1. The van der Waals surface area contributed by atoms with Gasteiger partial charge in [0.25, 0.3) is 5.69 Å². The molecule has 1 heterocycles. The normalized spacial score (nSPS) is 10.3. The Kier molecular flexibility index (Phi) is 2.32. The molecule has 0 aromatic carbocycles. The molecule has 0 amide bonds. The van der Waals surface area contributed by atoms with E-state index in [2.05, 4.69) is 9.98 Å². The molecule has 0 radical (unpaired) electrons. The second-order valence-corrected chi connectivity index (χ2v) is 1.91. The Morgan fingerprint density at radius 2 is 2.42 bits per heavy atom. The minimum absolute atomic E-state index is 0.0639. The Hall–Kier alpha value is -1.98. The van der Waals surface area contributed by atoms with Crippen LogP contribution >= 0.6 is 0 Å². The standard InChI is InChI=1S/C6H6N4O2/c7-4-9-6-2-1-5(3-8-6)10(11)12/h1-4H,(H2,7,8,9). The number of nitrogens with two attached hydrogens (primary N) is 1. The van der Waals surface area contributed by atoms with Crippen molar-refractivity contribution in [3.63, 3.8) is 0 Å². The molecule has 6 heteroatoms. The van der Waals surface area contributed by atoms with Crippen LogP contribution in [0.1, 0.15) is 0 Å². The third-order valence-electron chi connectivity index (χ3n) is 1.15. The number of aromatic nitrogens is 1. The van der Waals surface area contributed by atoms with Crippen LogP contribution < -0.4 is 5.73 Å². The van der Waals surface area contributed by atoms with Gasteiger partial charge in [-0.15, -0.1) is 0 Å². The summed E-state index contributed by atoms with van der Waals surface area (Å²) in [5.74, 6) is 0.350. The van der Waals surface area contributed by atoms with E-state index < -0.39 is 4.92 Å². The van der Waals surface area contributed by atoms with Gasteiger partial charge in [-0.1, -0.05) is 0 Å². The smallest absolute Gasteiger partial charge is 0.287 e. The van der Waals surface area contributed by atoms with Gasteiger partial charge < -0.3 is 5.73 Å². The highest BCUT2D eigenvalue weighted by Crippen LogP contribution is 2.12. The van der Waals surface area contributed by atoms with Crippen LogP contribution in [0.2, 0.25) is 0 Å². The van der Waals surface area contributed by atoms with E-state index >= 15 is 0 Å². The highest BCUT2D eigenvalue weighted by atomic mass is 16.6. The summed E-state index contributed by atoms with van der Waals surface area (Å²) in [5.41, 5.74) is 4.93. The van der Waals surface area contributed by atoms with Crippen molar-refractivity contribution in [2.24, 2.45) is 10.7 Å². The molecule has 0 atom stereocenters. The monoisotopic (exact) mass is 166 g/mol. The van der Waals surface area contributed by atoms with Crippen LogP contribution in [0.4, 0.5) is 11.5 Å². The first-order chi connectivity index (χ1) is 5.74. The van der Waals surface area contributed by atoms with Crippen LogP contribution in [-0.4, -0.2) is 16.2 Å². The van der Waals surface area contributed by atoms with Crippen molar-refractivity contribution < 1.29 is 4.92 Å². The lowest BCUT2D eigenvalue weighted by Crippen LogP contribution is -1.90. The summed E-state index contributed by atoms with van der Waals surface area (Å²) in [4.78, 5) is 16.9. The Labute approximate surface area is 67.9 Å². The molecule has 62 valence electrons. The van der Waals surface area contributed by atoms with Crippen molar-refractivity contribution in [2.45, 2.75) is 0 Å². The summed E-state index contributed by atoms with van der Waals surface area (Å²) in [6, 6.07) is 2.73. The zero-order valence-electron chi connectivity index (χ0n) is 6.04. The van der Waals surface area contributed by atoms with Crippen LogP contribution in [0.5, 0.6) is 0 Å². The molecule has 0 aliphatic carbocycles. The summed E-state index contributed by atoms with van der Waals surface area (Å²) in [6.45, 7) is 0. The van der Waals surface area contributed by atoms with Crippen LogP contribution in [0.25, 0.3) is 0 Å². The molecule has 1 rings (SSSR count). The van der Waals surface area contributed by atoms with Gasteiger partial charge in [0, 0.05) is 6.07 Å². The second kappa shape index (κ2) is 3.42. The summed E-state index contributed by atoms with van der Waals surface area (Å²) in [7, 11) is 0. The van der Waals surface area contributed by atoms with Gasteiger partial charge in [0.15, 0.2) is 5.82 Å². The van der Waals surface area contributed by atoms with Crippen molar-refractivity contribution in [2.75, 3.05) is 0 Å². The third-order valence-corrected chi connectivity index (χ3v) is 1.15. The number of pyridine rings is 1. The molecular formula is C6H6N4O2. The molecule has 0 saturated heterocycles. The fraction of sp³-hybridized carbons (Fsp3) is 0. The molecule has 1 aromatic heterocycles. The van der Waals surface area contributed by atoms with Gasteiger partial charge in [-0.3, -0.25) is 10.1 Å². The molecule has 0 spiro atoms. The molecule has 0 aliphatic heterocycles. The molecule has 12 heavy (non-hydrogen) atoms. The summed E-state index contributed by atoms with van der Waals surface area (Å²) in [5, 5.41) is 10.2. The van der Waals surface area contributed by atoms with E-state index in [-0.39, 0.29) is 5.69 Å². The highest BCUT2D eigenvalue weighted by molar-refractivity contribution is 5.57. The fourth-order valence-corrected chi connectivity index (χ4v) is 0.639. The first-order valence-electron chi connectivity index (χ1n) is 3.09. The maximum atomic E-state index is 10.2. The van der Waals surface area contributed by atoms with Crippen LogP contribution in [0, 0.1) is 10.1 Å². The minimum atomic E-state index is -0.525. The van der Waals surface area contributed by atoms with Crippen molar-refractivity contribution in [3.05, 3.63) is 28.4 Å². The van der Waals surface area contributed by atoms with Crippen LogP contribution in [0.3, 0.4) is 0 Å². The molecule has 0 aliphatic rings. The van der Waals surface area contributed by atoms with Gasteiger partial charge in [0.2, 0.25) is 0 Å². The van der Waals surface area contributed by atoms with Crippen LogP contribution in [-0.2, 0) is 0 Å². The molecule has 2 N–H and O–H groups in total. The third kappa shape index (κ3) is 1.75. The summed E-state index contributed by atoms with van der Waals surface area (Å²) >= 11 is 0. The lowest BCUT2D eigenvalue weighted by Gasteiger charge is -1.90. The second-order valence-electron chi connectivity index (χ2n) is 1.91. The van der Waals surface area contributed by atoms with Crippen molar-refractivity contribution in [1.82, 2.24) is 4.98 Å². The van der Waals surface area contributed by atoms with Gasteiger partial charge in [0.1, 0.15) is 6.20 Å². The molecule has 0 bridgehead atoms. The Bertz CT molecular complexity index is 306. The lowest BCUT2D eigenvalue weighted by molar-refractivity contribution is -0.385. The average molecular weight is 166 g/mol. The van der Waals surface area contributed by atoms with Gasteiger partial charge >= 0.3 is 0 Å². The van der Waals surface area contributed by atoms with E-state index in [4.69, 9.17) is 5.73 Å². The summed E-state index contributed by atoms with van der Waals surface area (Å²) < 4.78 is 0. The first-order valence-corrected chi connectivity index (χ1v) is 3.09. The Morgan fingerprint density at radius 3 is 2.83 bits per heavy atom. The van der Waals surface area contributed by atoms with Crippen LogP contribution in [0.15, 0.2) is 23.3 Å². The van der Waals surface area contributed by atoms with E-state index in [9.17, 15) is 10.1 Å². The topological polar surface area (TPSA) is 94.4 Å². The molecule has 1 aromatic rings. The van der Waals surface area contributed by atoms with E-state index in [1.807, 2.05) is 0 Å². The maximum absolute atomic E-state index is 10.2. The van der Waals surface area contributed by atoms with Crippen molar-refractivity contribution in [3.8, 4) is 0 Å². The average Bonchev–Trinajstić information content (AvgIpc) is 2.06. The van der Waals surface area contributed by atoms with Gasteiger partial charge in [-0.25, -0.2) is 9.98 Å². The Balaban J connectivity index is 2.93. The predicted octanol–water partition coefficient (Wildman–Crippen LogP) is 0.608. The van der Waals surface area contributed by atoms with Gasteiger partial charge in [-0.05, 0) is 6.07 Å². The SMILES string of the molecule is NC=Nc1ccc([N+](=O)[O-])cn1. The van der Waals surface area contributed by atoms with E-state index in [1.54, 1.807) is 0 Å². The molecule has 0 saturated carbocycles. The zero-order chi connectivity index (χ0) is 8.97. The quantitative estimate of drug-likeness (QED) is 0.301. The molecular weight excluding hydrogens is 160 g/mol. The van der Waals surface area contributed by atoms with Gasteiger partial charge in [-0.2, -0.15) is 0 Å². The van der Waals surface area contributed by atoms with Crippen molar-refractivity contribution in [1.29, 1.82) is 0 Å². The van der Waals surface area contributed by atoms with Gasteiger partial charge in [0.05, 0.1) is 11.3 Å². The highest BCUT2D eigenvalue weighted by Gasteiger charge is 2.03. The largest absolute Gasteiger partial charge is 0.390 e.